The smallest absolute Gasteiger partial charge is 0.281 e. The van der Waals surface area contributed by atoms with Crippen LogP contribution >= 0.6 is 45.9 Å². The lowest BCUT2D eigenvalue weighted by molar-refractivity contribution is 0.0861. The number of rotatable bonds is 7. The molecule has 7 nitrogen and oxygen atoms in total. The second kappa shape index (κ2) is 10.9. The second-order valence-electron chi connectivity index (χ2n) is 7.60. The van der Waals surface area contributed by atoms with Gasteiger partial charge in [0.1, 0.15) is 5.75 Å². The monoisotopic (exact) mass is 537 g/mol. The van der Waals surface area contributed by atoms with Crippen molar-refractivity contribution in [3.63, 3.8) is 0 Å². The molecule has 178 valence electrons. The van der Waals surface area contributed by atoms with Gasteiger partial charge in [-0.2, -0.15) is 5.10 Å². The Labute approximate surface area is 214 Å². The molecule has 0 aliphatic carbocycles. The number of aromatic hydroxyl groups is 1. The van der Waals surface area contributed by atoms with Crippen molar-refractivity contribution in [3.05, 3.63) is 61.1 Å². The van der Waals surface area contributed by atoms with Crippen molar-refractivity contribution in [1.29, 1.82) is 0 Å². The fourth-order valence-corrected chi connectivity index (χ4v) is 5.49. The molecule has 3 aromatic rings. The lowest BCUT2D eigenvalue weighted by Crippen LogP contribution is -2.31. The molecular weight excluding hydrogens is 517 g/mol. The Morgan fingerprint density at radius 3 is 2.65 bits per heavy atom. The Hall–Kier alpha value is -2.43. The largest absolute Gasteiger partial charge is 0.506 e. The van der Waals surface area contributed by atoms with E-state index >= 15 is 0 Å². The van der Waals surface area contributed by atoms with E-state index in [1.807, 2.05) is 0 Å². The molecule has 1 aliphatic rings. The van der Waals surface area contributed by atoms with Crippen LogP contribution in [0, 0.1) is 0 Å². The van der Waals surface area contributed by atoms with Crippen molar-refractivity contribution in [2.24, 2.45) is 5.10 Å². The number of nitrogens with zero attached hydrogens (tertiary/aromatic N) is 1. The zero-order valence-corrected chi connectivity index (χ0v) is 21.2. The number of hydrogen-bond acceptors (Lipinski definition) is 7. The summed E-state index contributed by atoms with van der Waals surface area (Å²) in [6.45, 7) is 2.86. The number of carbonyl (C=O) groups is 2. The summed E-state index contributed by atoms with van der Waals surface area (Å²) >= 11 is 14.5. The van der Waals surface area contributed by atoms with Crippen molar-refractivity contribution in [2.45, 2.75) is 25.9 Å². The van der Waals surface area contributed by atoms with Gasteiger partial charge in [-0.25, -0.2) is 5.43 Å². The minimum Gasteiger partial charge on any atom is -0.506 e. The van der Waals surface area contributed by atoms with E-state index < -0.39 is 5.91 Å². The predicted octanol–water partition coefficient (Wildman–Crippen LogP) is 5.55. The summed E-state index contributed by atoms with van der Waals surface area (Å²) in [5.41, 5.74) is 4.13. The fraction of sp³-hybridized carbons (Fsp3) is 0.261. The van der Waals surface area contributed by atoms with Gasteiger partial charge < -0.3 is 15.2 Å². The molecule has 3 N–H and O–H groups in total. The molecule has 0 bridgehead atoms. The van der Waals surface area contributed by atoms with Crippen molar-refractivity contribution in [3.8, 4) is 16.2 Å². The molecule has 0 spiro atoms. The molecule has 3 heterocycles. The quantitative estimate of drug-likeness (QED) is 0.271. The van der Waals surface area contributed by atoms with Crippen LogP contribution in [0.5, 0.6) is 5.75 Å². The zero-order chi connectivity index (χ0) is 24.2. The molecule has 2 amide bonds. The van der Waals surface area contributed by atoms with E-state index in [9.17, 15) is 14.7 Å². The molecule has 1 aliphatic heterocycles. The van der Waals surface area contributed by atoms with Crippen LogP contribution in [0.25, 0.3) is 10.4 Å². The Bertz CT molecular complexity index is 1250. The summed E-state index contributed by atoms with van der Waals surface area (Å²) in [5, 5.41) is 20.2. The number of hydrogen-bond donors (Lipinski definition) is 3. The standard InChI is InChI=1S/C23H21Cl2N3O4S2/c1-12(15-11-33-21(20(15)29)13-4-5-16(24)17(25)9-13)27-28-23(31)19-7-6-18(34-19)22(30)26-10-14-3-2-8-32-14/h4-7,9,11,14,29H,2-3,8,10H2,1H3,(H,26,30)(H,28,31). The molecule has 1 aromatic carbocycles. The third-order valence-corrected chi connectivity index (χ3v) is 8.07. The molecule has 0 radical (unpaired) electrons. The Kier molecular flexibility index (Phi) is 7.90. The first kappa shape index (κ1) is 24.7. The van der Waals surface area contributed by atoms with Gasteiger partial charge in [-0.1, -0.05) is 29.3 Å². The van der Waals surface area contributed by atoms with Gasteiger partial charge in [0.2, 0.25) is 0 Å². The van der Waals surface area contributed by atoms with Gasteiger partial charge in [0.15, 0.2) is 0 Å². The molecule has 11 heteroatoms. The van der Waals surface area contributed by atoms with Crippen molar-refractivity contribution in [2.75, 3.05) is 13.2 Å². The van der Waals surface area contributed by atoms with Gasteiger partial charge in [0.05, 0.1) is 42.1 Å². The average molecular weight is 538 g/mol. The third kappa shape index (κ3) is 5.61. The normalized spacial score (nSPS) is 16.0. The van der Waals surface area contributed by atoms with Crippen LogP contribution < -0.4 is 10.7 Å². The lowest BCUT2D eigenvalue weighted by atomic mass is 10.1. The zero-order valence-electron chi connectivity index (χ0n) is 18.1. The first-order valence-electron chi connectivity index (χ1n) is 10.4. The topological polar surface area (TPSA) is 100 Å². The number of thiophene rings is 2. The SMILES string of the molecule is CC(=NNC(=O)c1ccc(C(=O)NCC2CCCO2)s1)c1csc(-c2ccc(Cl)c(Cl)c2)c1O. The molecule has 2 aromatic heterocycles. The van der Waals surface area contributed by atoms with E-state index in [2.05, 4.69) is 15.8 Å². The molecule has 1 fully saturated rings. The van der Waals surface area contributed by atoms with Gasteiger partial charge in [-0.3, -0.25) is 9.59 Å². The fourth-order valence-electron chi connectivity index (χ4n) is 3.38. The van der Waals surface area contributed by atoms with Gasteiger partial charge >= 0.3 is 0 Å². The maximum Gasteiger partial charge on any atom is 0.281 e. The number of nitrogens with one attached hydrogen (secondary N) is 2. The van der Waals surface area contributed by atoms with E-state index in [1.54, 1.807) is 42.6 Å². The number of halogens is 2. The number of carbonyl (C=O) groups excluding carboxylic acids is 2. The number of ether oxygens (including phenoxy) is 1. The van der Waals surface area contributed by atoms with Crippen molar-refractivity contribution in [1.82, 2.24) is 10.7 Å². The highest BCUT2D eigenvalue weighted by molar-refractivity contribution is 7.16. The van der Waals surface area contributed by atoms with E-state index in [0.717, 1.165) is 36.3 Å². The Morgan fingerprint density at radius 2 is 1.94 bits per heavy atom. The van der Waals surface area contributed by atoms with Crippen LogP contribution in [0.3, 0.4) is 0 Å². The summed E-state index contributed by atoms with van der Waals surface area (Å²) in [4.78, 5) is 26.2. The third-order valence-electron chi connectivity index (χ3n) is 5.23. The summed E-state index contributed by atoms with van der Waals surface area (Å²) in [5.74, 6) is -0.639. The summed E-state index contributed by atoms with van der Waals surface area (Å²) in [7, 11) is 0. The number of hydrazone groups is 1. The molecule has 1 atom stereocenters. The Balaban J connectivity index is 1.39. The molecule has 1 saturated heterocycles. The molecular formula is C23H21Cl2N3O4S2. The highest BCUT2D eigenvalue weighted by atomic mass is 35.5. The lowest BCUT2D eigenvalue weighted by Gasteiger charge is -2.09. The summed E-state index contributed by atoms with van der Waals surface area (Å²) in [6.07, 6.45) is 1.99. The second-order valence-corrected chi connectivity index (χ2v) is 10.4. The van der Waals surface area contributed by atoms with E-state index in [0.29, 0.717) is 42.5 Å². The van der Waals surface area contributed by atoms with Crippen molar-refractivity contribution >= 4 is 63.4 Å². The van der Waals surface area contributed by atoms with Crippen LogP contribution in [0.15, 0.2) is 40.8 Å². The van der Waals surface area contributed by atoms with Crippen LogP contribution in [-0.2, 0) is 4.74 Å². The van der Waals surface area contributed by atoms with Gasteiger partial charge in [-0.15, -0.1) is 22.7 Å². The predicted molar refractivity (Wildman–Crippen MR) is 137 cm³/mol. The number of amides is 2. The minimum atomic E-state index is -0.443. The highest BCUT2D eigenvalue weighted by Gasteiger charge is 2.19. The molecule has 0 saturated carbocycles. The van der Waals surface area contributed by atoms with Gasteiger partial charge in [-0.05, 0) is 49.6 Å². The van der Waals surface area contributed by atoms with E-state index in [1.165, 1.54) is 11.3 Å². The summed E-state index contributed by atoms with van der Waals surface area (Å²) in [6, 6.07) is 8.30. The van der Waals surface area contributed by atoms with Gasteiger partial charge in [0, 0.05) is 18.5 Å². The van der Waals surface area contributed by atoms with Crippen molar-refractivity contribution < 1.29 is 19.4 Å². The van der Waals surface area contributed by atoms with Crippen LogP contribution in [0.2, 0.25) is 10.0 Å². The van der Waals surface area contributed by atoms with Crippen LogP contribution in [0.4, 0.5) is 0 Å². The highest BCUT2D eigenvalue weighted by Crippen LogP contribution is 2.40. The maximum absolute atomic E-state index is 12.5. The molecule has 1 unspecified atom stereocenters. The Morgan fingerprint density at radius 1 is 1.18 bits per heavy atom. The van der Waals surface area contributed by atoms with Crippen LogP contribution in [0.1, 0.15) is 44.7 Å². The average Bonchev–Trinajstić information content (AvgIpc) is 3.58. The van der Waals surface area contributed by atoms with E-state index in [-0.39, 0.29) is 17.8 Å². The maximum atomic E-state index is 12.5. The summed E-state index contributed by atoms with van der Waals surface area (Å²) < 4.78 is 5.50. The molecule has 34 heavy (non-hydrogen) atoms. The van der Waals surface area contributed by atoms with E-state index in [4.69, 9.17) is 27.9 Å². The first-order valence-corrected chi connectivity index (χ1v) is 12.9. The number of benzene rings is 1. The first-order chi connectivity index (χ1) is 16.3. The minimum absolute atomic E-state index is 0.0419. The van der Waals surface area contributed by atoms with Crippen LogP contribution in [-0.4, -0.2) is 41.9 Å². The molecule has 4 rings (SSSR count). The van der Waals surface area contributed by atoms with Gasteiger partial charge in [0.25, 0.3) is 11.8 Å².